The number of aromatic nitrogens is 1. The van der Waals surface area contributed by atoms with Crippen LogP contribution in [-0.4, -0.2) is 12.0 Å². The highest BCUT2D eigenvalue weighted by Crippen LogP contribution is 2.23. The molecule has 0 fully saturated rings. The molecule has 0 radical (unpaired) electrons. The smallest absolute Gasteiger partial charge is 0.132 e. The van der Waals surface area contributed by atoms with Crippen molar-refractivity contribution in [2.24, 2.45) is 5.73 Å². The highest BCUT2D eigenvalue weighted by atomic mass is 15.2. The molecule has 1 aromatic carbocycles. The third kappa shape index (κ3) is 2.68. The Bertz CT molecular complexity index is 518. The van der Waals surface area contributed by atoms with E-state index in [0.29, 0.717) is 0 Å². The van der Waals surface area contributed by atoms with Crippen molar-refractivity contribution in [1.29, 1.82) is 0 Å². The molecule has 1 heterocycles. The Hall–Kier alpha value is -1.87. The molecule has 0 aliphatic rings. The zero-order valence-electron chi connectivity index (χ0n) is 11.1. The molecule has 94 valence electrons. The monoisotopic (exact) mass is 241 g/mol. The van der Waals surface area contributed by atoms with Gasteiger partial charge in [0.15, 0.2) is 0 Å². The topological polar surface area (TPSA) is 42.1 Å². The number of pyridine rings is 1. The molecule has 0 saturated heterocycles. The Kier molecular flexibility index (Phi) is 3.63. The summed E-state index contributed by atoms with van der Waals surface area (Å²) < 4.78 is 0. The number of nitrogens with zero attached hydrogens (tertiary/aromatic N) is 2. The minimum atomic E-state index is 0.0239. The largest absolute Gasteiger partial charge is 0.329 e. The molecule has 2 N–H and O–H groups in total. The number of rotatable bonds is 3. The van der Waals surface area contributed by atoms with E-state index in [0.717, 1.165) is 17.1 Å². The molecule has 0 amide bonds. The first-order chi connectivity index (χ1) is 8.58. The normalized spacial score (nSPS) is 12.2. The van der Waals surface area contributed by atoms with Crippen molar-refractivity contribution < 1.29 is 0 Å². The van der Waals surface area contributed by atoms with E-state index in [4.69, 9.17) is 5.73 Å². The summed E-state index contributed by atoms with van der Waals surface area (Å²) in [5, 5.41) is 0. The summed E-state index contributed by atoms with van der Waals surface area (Å²) in [7, 11) is 2.02. The minimum absolute atomic E-state index is 0.0239. The van der Waals surface area contributed by atoms with Gasteiger partial charge in [-0.15, -0.1) is 0 Å². The molecule has 0 unspecified atom stereocenters. The maximum atomic E-state index is 5.82. The number of benzene rings is 1. The fourth-order valence-corrected chi connectivity index (χ4v) is 1.83. The second-order valence-electron chi connectivity index (χ2n) is 4.64. The molecule has 0 bridgehead atoms. The highest BCUT2D eigenvalue weighted by molar-refractivity contribution is 5.59. The van der Waals surface area contributed by atoms with Crippen LogP contribution in [0.1, 0.15) is 24.1 Å². The Morgan fingerprint density at radius 2 is 2.00 bits per heavy atom. The Morgan fingerprint density at radius 1 is 1.22 bits per heavy atom. The van der Waals surface area contributed by atoms with E-state index in [9.17, 15) is 0 Å². The number of anilines is 2. The van der Waals surface area contributed by atoms with Crippen LogP contribution in [-0.2, 0) is 0 Å². The van der Waals surface area contributed by atoms with Crippen LogP contribution in [0.4, 0.5) is 11.5 Å². The Balaban J connectivity index is 2.26. The van der Waals surface area contributed by atoms with Crippen LogP contribution in [0.3, 0.4) is 0 Å². The lowest BCUT2D eigenvalue weighted by Gasteiger charge is -2.19. The molecule has 0 aliphatic heterocycles. The summed E-state index contributed by atoms with van der Waals surface area (Å²) in [5.41, 5.74) is 9.25. The average molecular weight is 241 g/mol. The lowest BCUT2D eigenvalue weighted by Crippen LogP contribution is -2.12. The lowest BCUT2D eigenvalue weighted by molar-refractivity contribution is 0.811. The van der Waals surface area contributed by atoms with Crippen LogP contribution in [0.5, 0.6) is 0 Å². The van der Waals surface area contributed by atoms with Gasteiger partial charge in [0.05, 0.1) is 0 Å². The van der Waals surface area contributed by atoms with E-state index in [-0.39, 0.29) is 6.04 Å². The molecular formula is C15H19N3. The maximum Gasteiger partial charge on any atom is 0.132 e. The van der Waals surface area contributed by atoms with Crippen LogP contribution < -0.4 is 10.6 Å². The highest BCUT2D eigenvalue weighted by Gasteiger charge is 2.06. The van der Waals surface area contributed by atoms with Crippen LogP contribution in [0.25, 0.3) is 0 Å². The van der Waals surface area contributed by atoms with Gasteiger partial charge < -0.3 is 10.6 Å². The van der Waals surface area contributed by atoms with Crippen molar-refractivity contribution in [3.63, 3.8) is 0 Å². The number of nitrogens with two attached hydrogens (primary N) is 1. The first-order valence-corrected chi connectivity index (χ1v) is 6.10. The molecule has 0 saturated carbocycles. The summed E-state index contributed by atoms with van der Waals surface area (Å²) >= 11 is 0. The Labute approximate surface area is 108 Å². The third-order valence-electron chi connectivity index (χ3n) is 3.03. The van der Waals surface area contributed by atoms with E-state index in [1.807, 2.05) is 32.3 Å². The predicted octanol–water partition coefficient (Wildman–Crippen LogP) is 3.18. The summed E-state index contributed by atoms with van der Waals surface area (Å²) in [4.78, 5) is 6.52. The fraction of sp³-hybridized carbons (Fsp3) is 0.267. The van der Waals surface area contributed by atoms with Crippen LogP contribution in [0.15, 0.2) is 42.6 Å². The SMILES string of the molecule is Cc1cccc(N(C)c2ccc([C@@H](C)N)cn2)c1. The van der Waals surface area contributed by atoms with Crippen molar-refractivity contribution in [2.45, 2.75) is 19.9 Å². The van der Waals surface area contributed by atoms with E-state index in [2.05, 4.69) is 41.1 Å². The molecule has 2 aromatic rings. The molecule has 2 rings (SSSR count). The maximum absolute atomic E-state index is 5.82. The van der Waals surface area contributed by atoms with Gasteiger partial charge in [-0.2, -0.15) is 0 Å². The minimum Gasteiger partial charge on any atom is -0.329 e. The van der Waals surface area contributed by atoms with E-state index < -0.39 is 0 Å². The van der Waals surface area contributed by atoms with E-state index in [1.54, 1.807) is 0 Å². The summed E-state index contributed by atoms with van der Waals surface area (Å²) in [6.07, 6.45) is 1.84. The fourth-order valence-electron chi connectivity index (χ4n) is 1.83. The number of hydrogen-bond acceptors (Lipinski definition) is 3. The number of hydrogen-bond donors (Lipinski definition) is 1. The molecule has 3 heteroatoms. The summed E-state index contributed by atoms with van der Waals surface area (Å²) in [5.74, 6) is 0.921. The first-order valence-electron chi connectivity index (χ1n) is 6.10. The zero-order chi connectivity index (χ0) is 13.1. The van der Waals surface area contributed by atoms with Crippen molar-refractivity contribution >= 4 is 11.5 Å². The van der Waals surface area contributed by atoms with Gasteiger partial charge in [-0.1, -0.05) is 18.2 Å². The summed E-state index contributed by atoms with van der Waals surface area (Å²) in [6, 6.07) is 12.4. The molecule has 0 aliphatic carbocycles. The molecule has 1 atom stereocenters. The van der Waals surface area contributed by atoms with Crippen molar-refractivity contribution in [1.82, 2.24) is 4.98 Å². The lowest BCUT2D eigenvalue weighted by atomic mass is 10.1. The van der Waals surface area contributed by atoms with Crippen molar-refractivity contribution in [2.75, 3.05) is 11.9 Å². The standard InChI is InChI=1S/C15H19N3/c1-11-5-4-6-14(9-11)18(3)15-8-7-13(10-17-15)12(2)16/h4-10,12H,16H2,1-3H3/t12-/m1/s1. The third-order valence-corrected chi connectivity index (χ3v) is 3.03. The predicted molar refractivity (Wildman–Crippen MR) is 76.1 cm³/mol. The second kappa shape index (κ2) is 5.19. The van der Waals surface area contributed by atoms with Crippen molar-refractivity contribution in [3.05, 3.63) is 53.7 Å². The first kappa shape index (κ1) is 12.6. The Morgan fingerprint density at radius 3 is 2.56 bits per heavy atom. The molecule has 1 aromatic heterocycles. The van der Waals surface area contributed by atoms with Crippen molar-refractivity contribution in [3.8, 4) is 0 Å². The van der Waals surface area contributed by atoms with Gasteiger partial charge in [0, 0.05) is 25.0 Å². The van der Waals surface area contributed by atoms with Gasteiger partial charge >= 0.3 is 0 Å². The molecular weight excluding hydrogens is 222 g/mol. The van der Waals surface area contributed by atoms with Gasteiger partial charge in [0.25, 0.3) is 0 Å². The van der Waals surface area contributed by atoms with E-state index >= 15 is 0 Å². The summed E-state index contributed by atoms with van der Waals surface area (Å²) in [6.45, 7) is 4.05. The van der Waals surface area contributed by atoms with Crippen LogP contribution in [0, 0.1) is 6.92 Å². The second-order valence-corrected chi connectivity index (χ2v) is 4.64. The number of aryl methyl sites for hydroxylation is 1. The molecule has 18 heavy (non-hydrogen) atoms. The van der Waals surface area contributed by atoms with E-state index in [1.165, 1.54) is 5.56 Å². The molecule has 3 nitrogen and oxygen atoms in total. The van der Waals surface area contributed by atoms with Gasteiger partial charge in [-0.05, 0) is 43.2 Å². The average Bonchev–Trinajstić information content (AvgIpc) is 2.38. The molecule has 0 spiro atoms. The van der Waals surface area contributed by atoms with Gasteiger partial charge in [-0.3, -0.25) is 0 Å². The van der Waals surface area contributed by atoms with Crippen LogP contribution >= 0.6 is 0 Å². The van der Waals surface area contributed by atoms with Gasteiger partial charge in [-0.25, -0.2) is 4.98 Å². The van der Waals surface area contributed by atoms with Gasteiger partial charge in [0.2, 0.25) is 0 Å². The van der Waals surface area contributed by atoms with Crippen LogP contribution in [0.2, 0.25) is 0 Å². The zero-order valence-corrected chi connectivity index (χ0v) is 11.1. The quantitative estimate of drug-likeness (QED) is 0.897. The van der Waals surface area contributed by atoms with Gasteiger partial charge in [0.1, 0.15) is 5.82 Å².